The molecular formula is C23H29NO2. The minimum absolute atomic E-state index is 0.0685. The van der Waals surface area contributed by atoms with Crippen LogP contribution in [0.4, 0.5) is 0 Å². The largest absolute Gasteiger partial charge is 0.466 e. The van der Waals surface area contributed by atoms with E-state index < -0.39 is 0 Å². The first-order valence-electron chi connectivity index (χ1n) is 9.61. The van der Waals surface area contributed by atoms with Gasteiger partial charge >= 0.3 is 5.97 Å². The molecule has 1 fully saturated rings. The van der Waals surface area contributed by atoms with Crippen LogP contribution in [0.1, 0.15) is 49.3 Å². The zero-order chi connectivity index (χ0) is 18.5. The lowest BCUT2D eigenvalue weighted by Crippen LogP contribution is -2.25. The van der Waals surface area contributed by atoms with E-state index in [1.807, 2.05) is 13.0 Å². The molecule has 2 aromatic carbocycles. The second-order valence-corrected chi connectivity index (χ2v) is 7.47. The van der Waals surface area contributed by atoms with E-state index in [0.29, 0.717) is 12.5 Å². The molecule has 1 aliphatic rings. The first-order chi connectivity index (χ1) is 12.6. The summed E-state index contributed by atoms with van der Waals surface area (Å²) < 4.78 is 5.37. The Balaban J connectivity index is 1.79. The summed E-state index contributed by atoms with van der Waals surface area (Å²) in [6, 6.07) is 19.2. The Morgan fingerprint density at radius 1 is 1.08 bits per heavy atom. The Morgan fingerprint density at radius 3 is 2.38 bits per heavy atom. The number of hydrogen-bond acceptors (Lipinski definition) is 3. The van der Waals surface area contributed by atoms with Crippen molar-refractivity contribution >= 4 is 5.97 Å². The summed E-state index contributed by atoms with van der Waals surface area (Å²) in [6.45, 7) is 9.23. The molecule has 2 atom stereocenters. The second-order valence-electron chi connectivity index (χ2n) is 7.47. The highest BCUT2D eigenvalue weighted by atomic mass is 16.5. The molecule has 0 aromatic heterocycles. The first kappa shape index (κ1) is 18.7. The molecule has 26 heavy (non-hydrogen) atoms. The molecule has 1 saturated heterocycles. The van der Waals surface area contributed by atoms with Crippen molar-refractivity contribution in [2.75, 3.05) is 19.7 Å². The van der Waals surface area contributed by atoms with Gasteiger partial charge in [-0.05, 0) is 29.5 Å². The molecule has 3 heteroatoms. The molecule has 3 rings (SSSR count). The van der Waals surface area contributed by atoms with Crippen LogP contribution in [-0.2, 0) is 16.1 Å². The number of carbonyl (C=O) groups is 1. The van der Waals surface area contributed by atoms with Crippen molar-refractivity contribution in [3.05, 3.63) is 71.3 Å². The molecule has 0 unspecified atom stereocenters. The summed E-state index contributed by atoms with van der Waals surface area (Å²) in [5.74, 6) is 0.548. The Labute approximate surface area is 157 Å². The van der Waals surface area contributed by atoms with Gasteiger partial charge in [0.2, 0.25) is 0 Å². The van der Waals surface area contributed by atoms with Crippen molar-refractivity contribution in [3.63, 3.8) is 0 Å². The second kappa shape index (κ2) is 8.50. The average molecular weight is 351 g/mol. The van der Waals surface area contributed by atoms with Gasteiger partial charge in [0, 0.05) is 25.6 Å². The fraction of sp³-hybridized carbons (Fsp3) is 0.435. The van der Waals surface area contributed by atoms with Gasteiger partial charge in [-0.2, -0.15) is 0 Å². The first-order valence-corrected chi connectivity index (χ1v) is 9.61. The maximum Gasteiger partial charge on any atom is 0.310 e. The van der Waals surface area contributed by atoms with Crippen molar-refractivity contribution in [2.24, 2.45) is 5.92 Å². The molecule has 0 amide bonds. The van der Waals surface area contributed by atoms with Gasteiger partial charge in [-0.15, -0.1) is 0 Å². The number of hydrogen-bond donors (Lipinski definition) is 0. The predicted molar refractivity (Wildman–Crippen MR) is 105 cm³/mol. The number of likely N-dealkylation sites (tertiary alicyclic amines) is 1. The van der Waals surface area contributed by atoms with E-state index in [4.69, 9.17) is 4.74 Å². The number of benzene rings is 2. The summed E-state index contributed by atoms with van der Waals surface area (Å²) in [4.78, 5) is 14.9. The Bertz CT molecular complexity index is 709. The van der Waals surface area contributed by atoms with Crippen LogP contribution in [0.3, 0.4) is 0 Å². The fourth-order valence-corrected chi connectivity index (χ4v) is 3.81. The fourth-order valence-electron chi connectivity index (χ4n) is 3.81. The molecule has 1 aliphatic heterocycles. The molecule has 0 aliphatic carbocycles. The topological polar surface area (TPSA) is 29.5 Å². The smallest absolute Gasteiger partial charge is 0.310 e. The SMILES string of the molecule is CCOC(=O)[C@H]1CN(Cc2ccccc2)C[C@@H]1c1ccc(C(C)C)cc1. The standard InChI is InChI=1S/C23H29NO2/c1-4-26-23(25)22-16-24(14-18-8-6-5-7-9-18)15-21(22)20-12-10-19(11-13-20)17(2)3/h5-13,17,21-22H,4,14-16H2,1-3H3/t21-,22+/m1/s1. The molecule has 0 spiro atoms. The summed E-state index contributed by atoms with van der Waals surface area (Å²) in [6.07, 6.45) is 0. The maximum absolute atomic E-state index is 12.6. The van der Waals surface area contributed by atoms with E-state index >= 15 is 0 Å². The number of rotatable bonds is 6. The lowest BCUT2D eigenvalue weighted by Gasteiger charge is -2.18. The van der Waals surface area contributed by atoms with Crippen molar-refractivity contribution in [3.8, 4) is 0 Å². The van der Waals surface area contributed by atoms with Gasteiger partial charge < -0.3 is 4.74 Å². The van der Waals surface area contributed by atoms with Gasteiger partial charge in [-0.25, -0.2) is 0 Å². The molecule has 0 saturated carbocycles. The third-order valence-corrected chi connectivity index (χ3v) is 5.27. The minimum Gasteiger partial charge on any atom is -0.466 e. The van der Waals surface area contributed by atoms with Crippen molar-refractivity contribution < 1.29 is 9.53 Å². The van der Waals surface area contributed by atoms with Crippen LogP contribution in [-0.4, -0.2) is 30.6 Å². The predicted octanol–water partition coefficient (Wildman–Crippen LogP) is 4.59. The summed E-state index contributed by atoms with van der Waals surface area (Å²) in [5.41, 5.74) is 3.86. The lowest BCUT2D eigenvalue weighted by molar-refractivity contribution is -0.148. The zero-order valence-corrected chi connectivity index (χ0v) is 16.0. The highest BCUT2D eigenvalue weighted by Gasteiger charge is 2.39. The molecular weight excluding hydrogens is 322 g/mol. The number of carbonyl (C=O) groups excluding carboxylic acids is 1. The summed E-state index contributed by atoms with van der Waals surface area (Å²) in [7, 11) is 0. The van der Waals surface area contributed by atoms with Gasteiger partial charge in [-0.3, -0.25) is 9.69 Å². The molecule has 1 heterocycles. The van der Waals surface area contributed by atoms with Crippen LogP contribution in [0.5, 0.6) is 0 Å². The van der Waals surface area contributed by atoms with Crippen molar-refractivity contribution in [1.82, 2.24) is 4.90 Å². The van der Waals surface area contributed by atoms with Crippen LogP contribution in [0.2, 0.25) is 0 Å². The summed E-state index contributed by atoms with van der Waals surface area (Å²) in [5, 5.41) is 0. The van der Waals surface area contributed by atoms with Crippen LogP contribution < -0.4 is 0 Å². The van der Waals surface area contributed by atoms with Crippen LogP contribution in [0, 0.1) is 5.92 Å². The highest BCUT2D eigenvalue weighted by molar-refractivity contribution is 5.74. The molecule has 2 aromatic rings. The van der Waals surface area contributed by atoms with Crippen LogP contribution in [0.15, 0.2) is 54.6 Å². The lowest BCUT2D eigenvalue weighted by atomic mass is 9.88. The quantitative estimate of drug-likeness (QED) is 0.713. The van der Waals surface area contributed by atoms with Gasteiger partial charge in [-0.1, -0.05) is 68.4 Å². The number of nitrogens with zero attached hydrogens (tertiary/aromatic N) is 1. The Morgan fingerprint density at radius 2 is 1.77 bits per heavy atom. The van der Waals surface area contributed by atoms with E-state index in [1.165, 1.54) is 16.7 Å². The van der Waals surface area contributed by atoms with E-state index in [0.717, 1.165) is 19.6 Å². The number of esters is 1. The molecule has 138 valence electrons. The number of ether oxygens (including phenoxy) is 1. The Kier molecular flexibility index (Phi) is 6.10. The van der Waals surface area contributed by atoms with E-state index in [-0.39, 0.29) is 17.8 Å². The minimum atomic E-state index is -0.0939. The van der Waals surface area contributed by atoms with Gasteiger partial charge in [0.15, 0.2) is 0 Å². The monoisotopic (exact) mass is 351 g/mol. The highest BCUT2D eigenvalue weighted by Crippen LogP contribution is 2.35. The average Bonchev–Trinajstić information content (AvgIpc) is 3.07. The van der Waals surface area contributed by atoms with E-state index in [1.54, 1.807) is 0 Å². The van der Waals surface area contributed by atoms with Crippen LogP contribution in [0.25, 0.3) is 0 Å². The van der Waals surface area contributed by atoms with Crippen molar-refractivity contribution in [2.45, 2.75) is 39.2 Å². The van der Waals surface area contributed by atoms with Crippen LogP contribution >= 0.6 is 0 Å². The Hall–Kier alpha value is -2.13. The van der Waals surface area contributed by atoms with Gasteiger partial charge in [0.1, 0.15) is 0 Å². The van der Waals surface area contributed by atoms with Crippen molar-refractivity contribution in [1.29, 1.82) is 0 Å². The zero-order valence-electron chi connectivity index (χ0n) is 16.0. The van der Waals surface area contributed by atoms with E-state index in [9.17, 15) is 4.79 Å². The van der Waals surface area contributed by atoms with E-state index in [2.05, 4.69) is 67.3 Å². The summed E-state index contributed by atoms with van der Waals surface area (Å²) >= 11 is 0. The third kappa shape index (κ3) is 4.34. The normalized spacial score (nSPS) is 20.5. The van der Waals surface area contributed by atoms with Gasteiger partial charge in [0.05, 0.1) is 12.5 Å². The van der Waals surface area contributed by atoms with Gasteiger partial charge in [0.25, 0.3) is 0 Å². The molecule has 0 radical (unpaired) electrons. The molecule has 3 nitrogen and oxygen atoms in total. The maximum atomic E-state index is 12.6. The third-order valence-electron chi connectivity index (χ3n) is 5.27. The molecule has 0 N–H and O–H groups in total. The molecule has 0 bridgehead atoms.